The molecule has 0 amide bonds. The molecule has 0 saturated heterocycles. The smallest absolute Gasteiger partial charge is 0.450 e. The van der Waals surface area contributed by atoms with Gasteiger partial charge in [-0.3, -0.25) is 0 Å². The SMILES string of the molecule is CCC(C)c1ccc(OCCCS(=O)(=O)[O-])cc1.CCC(C)c1ccc(OCCCS(=O)(=O)[O-])cc1.CCC(C)c1ccc(OS(=O)(=O)C(F)(F)C(F)(F)C(F)(F)S(=O)(=O)[O-])cc1.CCOCc1ccc([S+](c2ccc(COC)cc2)c2ccc(COC)cc2)cc1.COc1cccc([S+](c2ccccc2)c2ccccc2)c1.COc1cccc([S+](c2ccccc2)c2ccccc2)c1. The standard InChI is InChI=1S/C25H29O3S.2C19H17OS.C13H14F6O6S2.2C13H20O4S/c1-4-28-19-22-9-15-25(16-10-22)29(23-11-5-20(6-12-23)17-26-2)24-13-7-21(8-14-24)18-27-3;2*1-20-16-9-8-14-19(15-16)21(17-10-4-2-5-11-17)18-12-6-3-7-13-18;1-3-8(2)9-4-6-10(7-5-9)25-27(23,24)13(18,19)11(14,15)12(16,17)26(20,21)22;2*1-3-11(2)12-5-7-13(8-6-12)17-9-4-10-18(14,15)16/h5-16H,4,17-19H2,1-3H3;2*2-15H,1H3;4-8H,3H2,1-2H3,(H,20,21,22);2*5-8,11H,3-4,9-10H2,1-2H3,(H,14,15,16)/q3*+1;;;/p-3. The van der Waals surface area contributed by atoms with Crippen LogP contribution in [0.5, 0.6) is 28.7 Å². The van der Waals surface area contributed by atoms with Gasteiger partial charge in [0.25, 0.3) is 0 Å². The predicted molar refractivity (Wildman–Crippen MR) is 513 cm³/mol. The molecular weight excluding hydrogens is 1870 g/mol. The van der Waals surface area contributed by atoms with E-state index in [-0.39, 0.29) is 76.2 Å². The molecule has 0 saturated carbocycles. The van der Waals surface area contributed by atoms with Gasteiger partial charge in [-0.2, -0.15) is 34.8 Å². The first-order valence-electron chi connectivity index (χ1n) is 42.8. The Morgan fingerprint density at radius 2 is 0.597 bits per heavy atom. The monoisotopic (exact) mass is 1980 g/mol. The molecule has 0 heterocycles. The quantitative estimate of drug-likeness (QED) is 0.0113. The zero-order valence-corrected chi connectivity index (χ0v) is 82.0. The van der Waals surface area contributed by atoms with Crippen LogP contribution in [0.4, 0.5) is 26.3 Å². The summed E-state index contributed by atoms with van der Waals surface area (Å²) < 4.78 is 237. The van der Waals surface area contributed by atoms with E-state index in [1.807, 2.05) is 74.5 Å². The molecule has 3 unspecified atom stereocenters. The first-order valence-corrected chi connectivity index (χ1v) is 52.4. The molecule has 0 aromatic heterocycles. The Hall–Kier alpha value is -10.2. The Morgan fingerprint density at radius 1 is 0.321 bits per heavy atom. The van der Waals surface area contributed by atoms with Crippen molar-refractivity contribution in [3.05, 3.63) is 349 Å². The molecule has 0 aliphatic rings. The maximum absolute atomic E-state index is 13.6. The lowest BCUT2D eigenvalue weighted by Gasteiger charge is -2.32. The minimum Gasteiger partial charge on any atom is -0.748 e. The van der Waals surface area contributed by atoms with Crippen LogP contribution in [0.3, 0.4) is 0 Å². The fraction of sp³-hybridized carbons (Fsp3) is 0.294. The summed E-state index contributed by atoms with van der Waals surface area (Å²) in [6.45, 7) is 17.3. The summed E-state index contributed by atoms with van der Waals surface area (Å²) in [6, 6.07) is 105. The van der Waals surface area contributed by atoms with Gasteiger partial charge in [0.15, 0.2) is 54.2 Å². The zero-order chi connectivity index (χ0) is 98.1. The van der Waals surface area contributed by atoms with E-state index in [0.29, 0.717) is 55.1 Å². The Morgan fingerprint density at radius 3 is 0.866 bits per heavy atom. The van der Waals surface area contributed by atoms with Crippen molar-refractivity contribution >= 4 is 73.2 Å². The zero-order valence-electron chi connectivity index (χ0n) is 76.3. The molecule has 32 heteroatoms. The van der Waals surface area contributed by atoms with E-state index in [2.05, 4.69) is 262 Å². The topological polar surface area (TPSA) is 280 Å². The van der Waals surface area contributed by atoms with Crippen LogP contribution in [-0.2, 0) is 107 Å². The highest BCUT2D eigenvalue weighted by molar-refractivity contribution is 7.97. The van der Waals surface area contributed by atoms with Crippen LogP contribution in [0, 0.1) is 0 Å². The number of hydrogen-bond acceptors (Lipinski definition) is 19. The van der Waals surface area contributed by atoms with Gasteiger partial charge < -0.3 is 51.0 Å². The fourth-order valence-electron chi connectivity index (χ4n) is 12.5. The highest BCUT2D eigenvalue weighted by Crippen LogP contribution is 2.51. The minimum absolute atomic E-state index is 0.0256. The average molecular weight is 1980 g/mol. The molecule has 3 atom stereocenters. The lowest BCUT2D eigenvalue weighted by Crippen LogP contribution is -2.61. The average Bonchev–Trinajstić information content (AvgIpc) is 0.720. The van der Waals surface area contributed by atoms with Gasteiger partial charge in [-0.15, -0.1) is 0 Å². The van der Waals surface area contributed by atoms with Crippen LogP contribution >= 0.6 is 0 Å². The summed E-state index contributed by atoms with van der Waals surface area (Å²) in [7, 11) is -15.9. The second-order valence-corrected chi connectivity index (χ2v) is 42.3. The Kier molecular flexibility index (Phi) is 45.1. The van der Waals surface area contributed by atoms with Crippen molar-refractivity contribution in [1.29, 1.82) is 0 Å². The third-order valence-corrected chi connectivity index (χ3v) is 30.8. The van der Waals surface area contributed by atoms with Gasteiger partial charge in [0, 0.05) is 44.5 Å². The third kappa shape index (κ3) is 34.6. The van der Waals surface area contributed by atoms with Crippen molar-refractivity contribution in [3.63, 3.8) is 0 Å². The highest BCUT2D eigenvalue weighted by Gasteiger charge is 2.81. The van der Waals surface area contributed by atoms with Crippen LogP contribution in [0.1, 0.15) is 132 Å². The minimum atomic E-state index is -7.33. The molecule has 12 aromatic carbocycles. The summed E-state index contributed by atoms with van der Waals surface area (Å²) in [5.74, 6) is -4.56. The van der Waals surface area contributed by atoms with Gasteiger partial charge in [0.1, 0.15) is 28.7 Å². The van der Waals surface area contributed by atoms with E-state index < -0.39 is 62.7 Å². The van der Waals surface area contributed by atoms with Gasteiger partial charge >= 0.3 is 26.5 Å². The molecular formula is C102H114F6O19S7. The Bertz CT molecular complexity index is 5580. The number of hydrogen-bond donors (Lipinski definition) is 0. The Labute approximate surface area is 794 Å². The van der Waals surface area contributed by atoms with Gasteiger partial charge in [-0.1, -0.05) is 199 Å². The number of rotatable bonds is 40. The number of ether oxygens (including phenoxy) is 7. The van der Waals surface area contributed by atoms with Gasteiger partial charge in [0.2, 0.25) is 0 Å². The van der Waals surface area contributed by atoms with Gasteiger partial charge in [-0.05, 0) is 236 Å². The summed E-state index contributed by atoms with van der Waals surface area (Å²) in [4.78, 5) is 11.7. The van der Waals surface area contributed by atoms with Crippen molar-refractivity contribution in [2.45, 2.75) is 179 Å². The first kappa shape index (κ1) is 111. The van der Waals surface area contributed by atoms with E-state index in [9.17, 15) is 73.7 Å². The third-order valence-electron chi connectivity index (χ3n) is 20.4. The van der Waals surface area contributed by atoms with E-state index in [1.165, 1.54) is 84.0 Å². The number of methoxy groups -OCH3 is 4. The van der Waals surface area contributed by atoms with Crippen LogP contribution in [0.25, 0.3) is 0 Å². The lowest BCUT2D eigenvalue weighted by molar-refractivity contribution is -0.247. The fourth-order valence-corrected chi connectivity index (χ4v) is 21.1. The van der Waals surface area contributed by atoms with E-state index in [1.54, 1.807) is 35.4 Å². The maximum atomic E-state index is 13.6. The lowest BCUT2D eigenvalue weighted by atomic mass is 9.99. The highest BCUT2D eigenvalue weighted by atomic mass is 32.2. The molecule has 0 fully saturated rings. The van der Waals surface area contributed by atoms with Crippen molar-refractivity contribution in [2.24, 2.45) is 0 Å². The molecule has 0 aliphatic heterocycles. The Balaban J connectivity index is 0.000000221. The molecule has 19 nitrogen and oxygen atoms in total. The number of alkyl halides is 6. The van der Waals surface area contributed by atoms with Crippen LogP contribution in [0.15, 0.2) is 360 Å². The normalized spacial score (nSPS) is 12.4. The van der Waals surface area contributed by atoms with Crippen molar-refractivity contribution in [2.75, 3.05) is 59.8 Å². The molecule has 0 bridgehead atoms. The summed E-state index contributed by atoms with van der Waals surface area (Å²) in [6.07, 6.45) is 3.27. The van der Waals surface area contributed by atoms with Crippen LogP contribution in [0.2, 0.25) is 0 Å². The van der Waals surface area contributed by atoms with Crippen LogP contribution < -0.4 is 23.1 Å². The maximum Gasteiger partial charge on any atom is 0.450 e. The van der Waals surface area contributed by atoms with E-state index in [4.69, 9.17) is 33.2 Å². The molecule has 720 valence electrons. The first-order chi connectivity index (χ1) is 63.8. The summed E-state index contributed by atoms with van der Waals surface area (Å²) in [5.41, 5.74) is 6.69. The predicted octanol–water partition coefficient (Wildman–Crippen LogP) is 23.5. The molecule has 134 heavy (non-hydrogen) atoms. The molecule has 0 spiro atoms. The van der Waals surface area contributed by atoms with Crippen molar-refractivity contribution in [1.82, 2.24) is 0 Å². The van der Waals surface area contributed by atoms with Gasteiger partial charge in [-0.25, -0.2) is 25.3 Å². The summed E-state index contributed by atoms with van der Waals surface area (Å²) in [5, 5.41) is -13.7. The molecule has 0 radical (unpaired) electrons. The molecule has 12 aromatic rings. The molecule has 0 aliphatic carbocycles. The van der Waals surface area contributed by atoms with Crippen molar-refractivity contribution < 1.29 is 111 Å². The number of benzene rings is 12. The van der Waals surface area contributed by atoms with Crippen molar-refractivity contribution in [3.8, 4) is 28.7 Å². The van der Waals surface area contributed by atoms with E-state index >= 15 is 0 Å². The van der Waals surface area contributed by atoms with Crippen LogP contribution in [-0.4, -0.2) is 124 Å². The second-order valence-electron chi connectivity index (χ2n) is 30.1. The molecule has 0 N–H and O–H groups in total. The van der Waals surface area contributed by atoms with E-state index in [0.717, 1.165) is 43.1 Å². The second kappa shape index (κ2) is 54.5. The number of halogens is 6. The largest absolute Gasteiger partial charge is 0.748 e. The summed E-state index contributed by atoms with van der Waals surface area (Å²) >= 11 is 0. The molecule has 12 rings (SSSR count). The van der Waals surface area contributed by atoms with Gasteiger partial charge in [0.05, 0.1) is 100 Å².